The Hall–Kier alpha value is -4.26. The number of carbonyl (C=O) groups excluding carboxylic acids is 2. The molecule has 2 heterocycles. The molecule has 0 radical (unpaired) electrons. The van der Waals surface area contributed by atoms with Gasteiger partial charge in [0.2, 0.25) is 28.9 Å². The molecule has 0 saturated carbocycles. The molecule has 0 bridgehead atoms. The summed E-state index contributed by atoms with van der Waals surface area (Å²) in [5.41, 5.74) is 1.01. The van der Waals surface area contributed by atoms with E-state index in [0.29, 0.717) is 22.1 Å². The number of para-hydroxylation sites is 1. The van der Waals surface area contributed by atoms with Crippen molar-refractivity contribution in [2.75, 3.05) is 18.3 Å². The van der Waals surface area contributed by atoms with Gasteiger partial charge in [-0.1, -0.05) is 36.9 Å². The van der Waals surface area contributed by atoms with Crippen molar-refractivity contribution in [3.05, 3.63) is 52.1 Å². The van der Waals surface area contributed by atoms with Crippen LogP contribution in [0.1, 0.15) is 32.1 Å². The Morgan fingerprint density at radius 2 is 2.00 bits per heavy atom. The highest BCUT2D eigenvalue weighted by atomic mass is 32.2. The van der Waals surface area contributed by atoms with Gasteiger partial charge in [0, 0.05) is 30.5 Å². The van der Waals surface area contributed by atoms with E-state index >= 15 is 0 Å². The fraction of sp³-hybridized carbons (Fsp3) is 0.261. The summed E-state index contributed by atoms with van der Waals surface area (Å²) in [6.07, 6.45) is 0.704. The second-order valence-corrected chi connectivity index (χ2v) is 8.25. The zero-order chi connectivity index (χ0) is 26.0. The lowest BCUT2D eigenvalue weighted by molar-refractivity contribution is -0.385. The molecular formula is C23H21N5O7S. The number of esters is 1. The first-order valence-corrected chi connectivity index (χ1v) is 11.9. The third kappa shape index (κ3) is 4.52. The van der Waals surface area contributed by atoms with Crippen LogP contribution in [0.2, 0.25) is 0 Å². The van der Waals surface area contributed by atoms with E-state index < -0.39 is 22.8 Å². The number of amides is 1. The number of aromatic nitrogens is 3. The number of nitro benzene ring substituents is 1. The van der Waals surface area contributed by atoms with Gasteiger partial charge in [0.1, 0.15) is 0 Å². The van der Waals surface area contributed by atoms with Gasteiger partial charge in [-0.2, -0.15) is 4.98 Å². The minimum atomic E-state index is -1.19. The van der Waals surface area contributed by atoms with Crippen molar-refractivity contribution in [1.29, 1.82) is 0 Å². The highest BCUT2D eigenvalue weighted by Crippen LogP contribution is 2.46. The number of anilines is 1. The van der Waals surface area contributed by atoms with Crippen molar-refractivity contribution < 1.29 is 28.7 Å². The normalized spacial score (nSPS) is 14.1. The lowest BCUT2D eigenvalue weighted by Gasteiger charge is -2.30. The first kappa shape index (κ1) is 24.9. The first-order valence-electron chi connectivity index (χ1n) is 10.7. The summed E-state index contributed by atoms with van der Waals surface area (Å²) in [6.45, 7) is 2.81. The molecule has 0 spiro atoms. The van der Waals surface area contributed by atoms with Gasteiger partial charge in [0.25, 0.3) is 0 Å². The number of benzene rings is 2. The quantitative estimate of drug-likeness (QED) is 0.156. The van der Waals surface area contributed by atoms with Crippen molar-refractivity contribution >= 4 is 35.0 Å². The van der Waals surface area contributed by atoms with E-state index in [9.17, 15) is 19.7 Å². The van der Waals surface area contributed by atoms with Crippen LogP contribution in [-0.2, 0) is 9.59 Å². The number of hydrogen-bond acceptors (Lipinski definition) is 11. The number of fused-ring (bicyclic) bond motifs is 3. The van der Waals surface area contributed by atoms with Gasteiger partial charge >= 0.3 is 11.7 Å². The Bertz CT molecular complexity index is 1370. The van der Waals surface area contributed by atoms with Gasteiger partial charge in [-0.25, -0.2) is 0 Å². The summed E-state index contributed by atoms with van der Waals surface area (Å²) in [7, 11) is 1.28. The van der Waals surface area contributed by atoms with Crippen LogP contribution >= 0.6 is 11.8 Å². The molecule has 186 valence electrons. The molecule has 12 nitrogen and oxygen atoms in total. The van der Waals surface area contributed by atoms with E-state index in [0.717, 1.165) is 6.92 Å². The van der Waals surface area contributed by atoms with Gasteiger partial charge in [0.05, 0.1) is 17.7 Å². The summed E-state index contributed by atoms with van der Waals surface area (Å²) in [5, 5.41) is 20.7. The maximum atomic E-state index is 13.3. The van der Waals surface area contributed by atoms with Gasteiger partial charge in [-0.3, -0.25) is 24.6 Å². The highest BCUT2D eigenvalue weighted by Gasteiger charge is 2.37. The average molecular weight is 512 g/mol. The smallest absolute Gasteiger partial charge is 0.316 e. The van der Waals surface area contributed by atoms with Crippen LogP contribution in [-0.4, -0.2) is 45.3 Å². The van der Waals surface area contributed by atoms with Crippen LogP contribution < -0.4 is 19.1 Å². The molecule has 0 aliphatic carbocycles. The second kappa shape index (κ2) is 10.2. The predicted molar refractivity (Wildman–Crippen MR) is 129 cm³/mol. The third-order valence-corrected chi connectivity index (χ3v) is 5.81. The molecule has 0 fully saturated rings. The number of ether oxygens (including phenoxy) is 3. The maximum Gasteiger partial charge on any atom is 0.316 e. The van der Waals surface area contributed by atoms with E-state index in [2.05, 4.69) is 15.2 Å². The van der Waals surface area contributed by atoms with E-state index in [1.807, 2.05) is 0 Å². The maximum absolute atomic E-state index is 13.3. The molecule has 1 aliphatic heterocycles. The number of methoxy groups -OCH3 is 1. The Morgan fingerprint density at radius 1 is 1.25 bits per heavy atom. The SMILES string of the molecule is CCC(=O)N1c2ccccc2-c2nnc(SC)nc2O[C@@H]1c1cc(OC)c(OC(C)=O)c([N+](=O)[O-])c1. The van der Waals surface area contributed by atoms with Crippen molar-refractivity contribution in [3.8, 4) is 28.6 Å². The van der Waals surface area contributed by atoms with E-state index in [1.165, 1.54) is 35.9 Å². The Labute approximate surface area is 209 Å². The molecule has 1 aliphatic rings. The van der Waals surface area contributed by atoms with Gasteiger partial charge < -0.3 is 14.2 Å². The summed E-state index contributed by atoms with van der Waals surface area (Å²) in [6, 6.07) is 9.61. The number of carbonyl (C=O) groups is 2. The molecule has 1 amide bonds. The van der Waals surface area contributed by atoms with Crippen LogP contribution in [0.25, 0.3) is 11.3 Å². The van der Waals surface area contributed by atoms with Gasteiger partial charge in [-0.15, -0.1) is 10.2 Å². The number of rotatable bonds is 6. The first-order chi connectivity index (χ1) is 17.3. The Balaban J connectivity index is 2.01. The average Bonchev–Trinajstić information content (AvgIpc) is 3.02. The molecule has 3 aromatic rings. The van der Waals surface area contributed by atoms with Crippen molar-refractivity contribution in [1.82, 2.24) is 15.2 Å². The highest BCUT2D eigenvalue weighted by molar-refractivity contribution is 7.98. The fourth-order valence-corrected chi connectivity index (χ4v) is 4.04. The summed E-state index contributed by atoms with van der Waals surface area (Å²) >= 11 is 1.26. The van der Waals surface area contributed by atoms with Crippen LogP contribution in [0.4, 0.5) is 11.4 Å². The lowest BCUT2D eigenvalue weighted by Crippen LogP contribution is -2.37. The molecule has 0 unspecified atom stereocenters. The van der Waals surface area contributed by atoms with E-state index in [-0.39, 0.29) is 35.3 Å². The largest absolute Gasteiger partial charge is 0.493 e. The number of nitrogens with zero attached hydrogens (tertiary/aromatic N) is 5. The van der Waals surface area contributed by atoms with Gasteiger partial charge in [-0.05, 0) is 18.4 Å². The molecule has 0 N–H and O–H groups in total. The predicted octanol–water partition coefficient (Wildman–Crippen LogP) is 3.94. The molecular weight excluding hydrogens is 490 g/mol. The van der Waals surface area contributed by atoms with Crippen molar-refractivity contribution in [2.45, 2.75) is 31.7 Å². The molecule has 4 rings (SSSR count). The number of thioether (sulfide) groups is 1. The number of nitro groups is 1. The Morgan fingerprint density at radius 3 is 2.64 bits per heavy atom. The van der Waals surface area contributed by atoms with E-state index in [4.69, 9.17) is 14.2 Å². The molecule has 36 heavy (non-hydrogen) atoms. The molecule has 1 atom stereocenters. The molecule has 13 heteroatoms. The zero-order valence-electron chi connectivity index (χ0n) is 19.8. The zero-order valence-corrected chi connectivity index (χ0v) is 20.6. The Kier molecular flexibility index (Phi) is 7.01. The van der Waals surface area contributed by atoms with Crippen LogP contribution in [0.3, 0.4) is 0 Å². The van der Waals surface area contributed by atoms with Crippen molar-refractivity contribution in [3.63, 3.8) is 0 Å². The molecule has 0 saturated heterocycles. The third-order valence-electron chi connectivity index (χ3n) is 5.27. The minimum Gasteiger partial charge on any atom is -0.493 e. The molecule has 1 aromatic heterocycles. The summed E-state index contributed by atoms with van der Waals surface area (Å²) in [5.74, 6) is -1.40. The van der Waals surface area contributed by atoms with Gasteiger partial charge in [0.15, 0.2) is 11.4 Å². The van der Waals surface area contributed by atoms with Crippen LogP contribution in [0, 0.1) is 10.1 Å². The fourth-order valence-electron chi connectivity index (χ4n) is 3.74. The monoisotopic (exact) mass is 511 g/mol. The topological polar surface area (TPSA) is 147 Å². The second-order valence-electron chi connectivity index (χ2n) is 7.48. The van der Waals surface area contributed by atoms with Crippen LogP contribution in [0.5, 0.6) is 17.4 Å². The van der Waals surface area contributed by atoms with E-state index in [1.54, 1.807) is 37.4 Å². The summed E-state index contributed by atoms with van der Waals surface area (Å²) in [4.78, 5) is 41.9. The molecule has 2 aromatic carbocycles. The van der Waals surface area contributed by atoms with Crippen LogP contribution in [0.15, 0.2) is 41.6 Å². The lowest BCUT2D eigenvalue weighted by atomic mass is 10.1. The minimum absolute atomic E-state index is 0.0785. The number of hydrogen-bond donors (Lipinski definition) is 0. The van der Waals surface area contributed by atoms with Crippen molar-refractivity contribution in [2.24, 2.45) is 0 Å². The standard InChI is InChI=1S/C23H21N5O7S/c1-5-18(30)27-15-9-7-6-8-14(15)19-21(24-23(36-4)26-25-19)35-22(27)13-10-16(28(31)32)20(34-12(2)29)17(11-13)33-3/h6-11,22H,5H2,1-4H3/t22-/m1/s1. The summed E-state index contributed by atoms with van der Waals surface area (Å²) < 4.78 is 16.6.